The van der Waals surface area contributed by atoms with Crippen LogP contribution in [0, 0.1) is 5.82 Å². The summed E-state index contributed by atoms with van der Waals surface area (Å²) in [7, 11) is 1.48. The summed E-state index contributed by atoms with van der Waals surface area (Å²) in [6, 6.07) is 5.29. The van der Waals surface area contributed by atoms with E-state index in [1.165, 1.54) is 30.2 Å². The van der Waals surface area contributed by atoms with Gasteiger partial charge in [-0.1, -0.05) is 6.92 Å². The first-order valence-corrected chi connectivity index (χ1v) is 8.11. The highest BCUT2D eigenvalue weighted by Gasteiger charge is 2.24. The van der Waals surface area contributed by atoms with Gasteiger partial charge in [-0.15, -0.1) is 11.3 Å². The van der Waals surface area contributed by atoms with Crippen LogP contribution in [0.1, 0.15) is 36.4 Å². The first kappa shape index (κ1) is 14.5. The Labute approximate surface area is 128 Å². The molecule has 1 heterocycles. The molecule has 0 amide bonds. The smallest absolute Gasteiger partial charge is 0.165 e. The molecule has 0 aliphatic heterocycles. The number of rotatable bonds is 4. The van der Waals surface area contributed by atoms with Crippen molar-refractivity contribution in [2.24, 2.45) is 0 Å². The molecule has 1 aliphatic carbocycles. The van der Waals surface area contributed by atoms with Crippen LogP contribution in [0.25, 0.3) is 10.6 Å². The molecule has 0 saturated heterocycles. The molecule has 3 rings (SSSR count). The molecule has 1 atom stereocenters. The number of methoxy groups -OCH3 is 1. The van der Waals surface area contributed by atoms with E-state index in [2.05, 4.69) is 12.2 Å². The van der Waals surface area contributed by atoms with E-state index in [0.29, 0.717) is 6.04 Å². The van der Waals surface area contributed by atoms with Crippen LogP contribution in [0.2, 0.25) is 0 Å². The standard InChI is InChI=1S/C16H19FN2OS/c1-3-18-12-5-4-6-14-15(12)19-16(21-14)10-7-8-11(17)13(9-10)20-2/h7-9,12,18H,3-6H2,1-2H3. The van der Waals surface area contributed by atoms with Gasteiger partial charge in [0.25, 0.3) is 0 Å². The highest BCUT2D eigenvalue weighted by Crippen LogP contribution is 2.38. The van der Waals surface area contributed by atoms with Gasteiger partial charge < -0.3 is 10.1 Å². The lowest BCUT2D eigenvalue weighted by molar-refractivity contribution is 0.387. The minimum absolute atomic E-state index is 0.268. The van der Waals surface area contributed by atoms with Crippen molar-refractivity contribution in [2.45, 2.75) is 32.2 Å². The fourth-order valence-corrected chi connectivity index (χ4v) is 3.94. The Morgan fingerprint density at radius 1 is 1.48 bits per heavy atom. The summed E-state index contributed by atoms with van der Waals surface area (Å²) in [5.74, 6) is -0.0722. The summed E-state index contributed by atoms with van der Waals surface area (Å²) in [6.07, 6.45) is 3.42. The molecule has 1 N–H and O–H groups in total. The molecular weight excluding hydrogens is 287 g/mol. The predicted octanol–water partition coefficient (Wildman–Crippen LogP) is 3.94. The molecule has 1 aromatic heterocycles. The number of fused-ring (bicyclic) bond motifs is 1. The highest BCUT2D eigenvalue weighted by molar-refractivity contribution is 7.15. The Bertz CT molecular complexity index is 641. The second-order valence-electron chi connectivity index (χ2n) is 5.18. The first-order valence-electron chi connectivity index (χ1n) is 7.29. The third-order valence-corrected chi connectivity index (χ3v) is 4.98. The van der Waals surface area contributed by atoms with Crippen LogP contribution >= 0.6 is 11.3 Å². The van der Waals surface area contributed by atoms with Gasteiger partial charge in [0.1, 0.15) is 5.01 Å². The molecule has 0 fully saturated rings. The van der Waals surface area contributed by atoms with Crippen molar-refractivity contribution in [1.29, 1.82) is 0 Å². The van der Waals surface area contributed by atoms with E-state index < -0.39 is 0 Å². The van der Waals surface area contributed by atoms with Gasteiger partial charge in [-0.3, -0.25) is 0 Å². The van der Waals surface area contributed by atoms with Crippen LogP contribution in [0.15, 0.2) is 18.2 Å². The Kier molecular flexibility index (Phi) is 4.22. The number of benzene rings is 1. The number of nitrogens with zero attached hydrogens (tertiary/aromatic N) is 1. The van der Waals surface area contributed by atoms with Crippen LogP contribution in [-0.2, 0) is 6.42 Å². The van der Waals surface area contributed by atoms with Crippen molar-refractivity contribution < 1.29 is 9.13 Å². The van der Waals surface area contributed by atoms with E-state index in [1.54, 1.807) is 23.5 Å². The molecule has 3 nitrogen and oxygen atoms in total. The third-order valence-electron chi connectivity index (χ3n) is 3.80. The molecule has 0 bridgehead atoms. The Hall–Kier alpha value is -1.46. The zero-order valence-corrected chi connectivity index (χ0v) is 13.1. The molecule has 2 aromatic rings. The van der Waals surface area contributed by atoms with Gasteiger partial charge >= 0.3 is 0 Å². The van der Waals surface area contributed by atoms with Crippen LogP contribution in [0.4, 0.5) is 4.39 Å². The summed E-state index contributed by atoms with van der Waals surface area (Å²) in [6.45, 7) is 3.06. The van der Waals surface area contributed by atoms with E-state index in [0.717, 1.165) is 30.0 Å². The maximum absolute atomic E-state index is 13.5. The lowest BCUT2D eigenvalue weighted by Gasteiger charge is -2.21. The Morgan fingerprint density at radius 2 is 2.33 bits per heavy atom. The fraction of sp³-hybridized carbons (Fsp3) is 0.438. The molecule has 0 saturated carbocycles. The van der Waals surface area contributed by atoms with E-state index in [-0.39, 0.29) is 11.6 Å². The molecule has 1 unspecified atom stereocenters. The van der Waals surface area contributed by atoms with Crippen molar-refractivity contribution in [1.82, 2.24) is 10.3 Å². The minimum atomic E-state index is -0.340. The van der Waals surface area contributed by atoms with Gasteiger partial charge in [0, 0.05) is 10.4 Å². The first-order chi connectivity index (χ1) is 10.2. The normalized spacial score (nSPS) is 17.6. The van der Waals surface area contributed by atoms with Crippen LogP contribution in [0.3, 0.4) is 0 Å². The maximum Gasteiger partial charge on any atom is 0.165 e. The molecule has 1 aliphatic rings. The average Bonchev–Trinajstić information content (AvgIpc) is 2.93. The zero-order valence-electron chi connectivity index (χ0n) is 12.3. The SMILES string of the molecule is CCNC1CCCc2sc(-c3ccc(F)c(OC)c3)nc21. The van der Waals surface area contributed by atoms with Crippen LogP contribution in [0.5, 0.6) is 5.75 Å². The summed E-state index contributed by atoms with van der Waals surface area (Å²) in [4.78, 5) is 6.16. The molecule has 0 radical (unpaired) electrons. The number of aromatic nitrogens is 1. The van der Waals surface area contributed by atoms with Crippen molar-refractivity contribution in [3.8, 4) is 16.3 Å². The van der Waals surface area contributed by atoms with Gasteiger partial charge in [-0.25, -0.2) is 9.37 Å². The van der Waals surface area contributed by atoms with Crippen molar-refractivity contribution >= 4 is 11.3 Å². The van der Waals surface area contributed by atoms with E-state index in [4.69, 9.17) is 9.72 Å². The Morgan fingerprint density at radius 3 is 3.10 bits per heavy atom. The summed E-state index contributed by atoms with van der Waals surface area (Å²) < 4.78 is 18.6. The van der Waals surface area contributed by atoms with Crippen molar-refractivity contribution in [3.63, 3.8) is 0 Å². The Balaban J connectivity index is 1.97. The minimum Gasteiger partial charge on any atom is -0.494 e. The lowest BCUT2D eigenvalue weighted by atomic mass is 9.97. The summed E-state index contributed by atoms with van der Waals surface area (Å²) >= 11 is 1.71. The summed E-state index contributed by atoms with van der Waals surface area (Å²) in [5, 5.41) is 4.44. The molecule has 112 valence electrons. The lowest BCUT2D eigenvalue weighted by Crippen LogP contribution is -2.24. The number of halogens is 1. The van der Waals surface area contributed by atoms with Gasteiger partial charge in [0.2, 0.25) is 0 Å². The van der Waals surface area contributed by atoms with E-state index in [9.17, 15) is 4.39 Å². The molecule has 0 spiro atoms. The van der Waals surface area contributed by atoms with Crippen LogP contribution in [-0.4, -0.2) is 18.6 Å². The number of thiazole rings is 1. The third kappa shape index (κ3) is 2.80. The average molecular weight is 306 g/mol. The topological polar surface area (TPSA) is 34.1 Å². The zero-order chi connectivity index (χ0) is 14.8. The highest BCUT2D eigenvalue weighted by atomic mass is 32.1. The largest absolute Gasteiger partial charge is 0.494 e. The number of nitrogens with one attached hydrogen (secondary N) is 1. The number of hydrogen-bond donors (Lipinski definition) is 1. The molecular formula is C16H19FN2OS. The predicted molar refractivity (Wildman–Crippen MR) is 83.4 cm³/mol. The fourth-order valence-electron chi connectivity index (χ4n) is 2.78. The molecule has 21 heavy (non-hydrogen) atoms. The maximum atomic E-state index is 13.5. The van der Waals surface area contributed by atoms with Gasteiger partial charge in [-0.05, 0) is 44.0 Å². The van der Waals surface area contributed by atoms with Crippen molar-refractivity contribution in [2.75, 3.05) is 13.7 Å². The number of ether oxygens (including phenoxy) is 1. The second-order valence-corrected chi connectivity index (χ2v) is 6.26. The quantitative estimate of drug-likeness (QED) is 0.929. The van der Waals surface area contributed by atoms with Crippen LogP contribution < -0.4 is 10.1 Å². The molecule has 5 heteroatoms. The van der Waals surface area contributed by atoms with Crippen molar-refractivity contribution in [3.05, 3.63) is 34.6 Å². The van der Waals surface area contributed by atoms with Gasteiger partial charge in [0.15, 0.2) is 11.6 Å². The number of hydrogen-bond acceptors (Lipinski definition) is 4. The van der Waals surface area contributed by atoms with E-state index in [1.807, 2.05) is 0 Å². The van der Waals surface area contributed by atoms with Gasteiger partial charge in [0.05, 0.1) is 18.8 Å². The molecule has 1 aromatic carbocycles. The van der Waals surface area contributed by atoms with E-state index >= 15 is 0 Å². The van der Waals surface area contributed by atoms with Gasteiger partial charge in [-0.2, -0.15) is 0 Å². The monoisotopic (exact) mass is 306 g/mol. The number of aryl methyl sites for hydroxylation is 1. The second kappa shape index (κ2) is 6.12. The summed E-state index contributed by atoms with van der Waals surface area (Å²) in [5.41, 5.74) is 2.09.